The Labute approximate surface area is 61.8 Å². The minimum absolute atomic E-state index is 0.178. The van der Waals surface area contributed by atoms with Crippen molar-refractivity contribution in [3.8, 4) is 0 Å². The Morgan fingerprint density at radius 2 is 2.20 bits per heavy atom. The number of hydrogen-bond acceptors (Lipinski definition) is 1. The van der Waals surface area contributed by atoms with Gasteiger partial charge in [-0.1, -0.05) is 13.3 Å². The van der Waals surface area contributed by atoms with E-state index in [1.807, 2.05) is 0 Å². The van der Waals surface area contributed by atoms with Crippen LogP contribution in [-0.4, -0.2) is 12.2 Å². The van der Waals surface area contributed by atoms with Crippen LogP contribution >= 0.6 is 0 Å². The van der Waals surface area contributed by atoms with Crippen LogP contribution in [0, 0.1) is 5.92 Å². The van der Waals surface area contributed by atoms with Crippen LogP contribution in [0.25, 0.3) is 0 Å². The highest BCUT2D eigenvalue weighted by atomic mass is 19.1. The summed E-state index contributed by atoms with van der Waals surface area (Å²) in [6.07, 6.45) is 3.06. The topological polar surface area (TPSA) is 26.0 Å². The van der Waals surface area contributed by atoms with Gasteiger partial charge >= 0.3 is 0 Å². The fourth-order valence-corrected chi connectivity index (χ4v) is 1.59. The normalized spacial score (nSPS) is 41.7. The fourth-order valence-electron chi connectivity index (χ4n) is 1.59. The van der Waals surface area contributed by atoms with Crippen molar-refractivity contribution in [3.63, 3.8) is 0 Å². The summed E-state index contributed by atoms with van der Waals surface area (Å²) in [6.45, 7) is 2.12. The van der Waals surface area contributed by atoms with Crippen LogP contribution in [0.2, 0.25) is 0 Å². The maximum absolute atomic E-state index is 12.9. The van der Waals surface area contributed by atoms with Crippen molar-refractivity contribution in [2.24, 2.45) is 11.7 Å². The summed E-state index contributed by atoms with van der Waals surface area (Å²) in [5.74, 6) is 0.592. The minimum atomic E-state index is -0.737. The molecular weight excluding hydrogens is 129 g/mol. The van der Waals surface area contributed by atoms with Crippen molar-refractivity contribution in [1.82, 2.24) is 0 Å². The Morgan fingerprint density at radius 3 is 2.70 bits per heavy atom. The van der Waals surface area contributed by atoms with Gasteiger partial charge in [0.15, 0.2) is 0 Å². The van der Waals surface area contributed by atoms with Crippen molar-refractivity contribution < 1.29 is 4.39 Å². The number of nitrogens with two attached hydrogens (primary N) is 1. The predicted molar refractivity (Wildman–Crippen MR) is 40.5 cm³/mol. The Morgan fingerprint density at radius 1 is 1.50 bits per heavy atom. The SMILES string of the molecule is CCC1CCC(N)[C@H](F)C1. The molecule has 0 radical (unpaired) electrons. The first-order valence-electron chi connectivity index (χ1n) is 4.13. The van der Waals surface area contributed by atoms with Gasteiger partial charge in [-0.05, 0) is 25.2 Å². The molecule has 0 bridgehead atoms. The van der Waals surface area contributed by atoms with Gasteiger partial charge < -0.3 is 5.73 Å². The molecule has 0 aliphatic heterocycles. The predicted octanol–water partition coefficient (Wildman–Crippen LogP) is 1.86. The van der Waals surface area contributed by atoms with Crippen LogP contribution in [0.5, 0.6) is 0 Å². The number of hydrogen-bond donors (Lipinski definition) is 1. The van der Waals surface area contributed by atoms with Gasteiger partial charge in [0.25, 0.3) is 0 Å². The lowest BCUT2D eigenvalue weighted by atomic mass is 9.84. The summed E-state index contributed by atoms with van der Waals surface area (Å²) < 4.78 is 12.9. The first kappa shape index (κ1) is 7.99. The second kappa shape index (κ2) is 3.33. The van der Waals surface area contributed by atoms with E-state index in [0.29, 0.717) is 12.3 Å². The Bertz CT molecular complexity index is 105. The summed E-state index contributed by atoms with van der Waals surface area (Å²) in [7, 11) is 0. The molecule has 1 nitrogen and oxygen atoms in total. The molecule has 1 fully saturated rings. The first-order valence-corrected chi connectivity index (χ1v) is 4.13. The van der Waals surface area contributed by atoms with Crippen LogP contribution in [0.15, 0.2) is 0 Å². The van der Waals surface area contributed by atoms with Crippen LogP contribution < -0.4 is 5.73 Å². The third-order valence-corrected chi connectivity index (χ3v) is 2.51. The number of alkyl halides is 1. The second-order valence-corrected chi connectivity index (χ2v) is 3.27. The molecule has 0 aromatic carbocycles. The number of rotatable bonds is 1. The third-order valence-electron chi connectivity index (χ3n) is 2.51. The molecule has 60 valence electrons. The van der Waals surface area contributed by atoms with Crippen LogP contribution in [0.1, 0.15) is 32.6 Å². The first-order chi connectivity index (χ1) is 4.74. The maximum atomic E-state index is 12.9. The van der Waals surface area contributed by atoms with E-state index in [9.17, 15) is 4.39 Å². The summed E-state index contributed by atoms with van der Waals surface area (Å²) in [4.78, 5) is 0. The Hall–Kier alpha value is -0.110. The summed E-state index contributed by atoms with van der Waals surface area (Å²) in [5.41, 5.74) is 5.52. The average Bonchev–Trinajstić information content (AvgIpc) is 1.95. The van der Waals surface area contributed by atoms with Crippen LogP contribution in [0.3, 0.4) is 0 Å². The van der Waals surface area contributed by atoms with E-state index in [4.69, 9.17) is 5.73 Å². The Balaban J connectivity index is 2.33. The lowest BCUT2D eigenvalue weighted by Crippen LogP contribution is -2.37. The average molecular weight is 145 g/mol. The number of halogens is 1. The molecule has 0 aromatic heterocycles. The molecule has 10 heavy (non-hydrogen) atoms. The van der Waals surface area contributed by atoms with E-state index in [0.717, 1.165) is 19.3 Å². The third kappa shape index (κ3) is 1.69. The van der Waals surface area contributed by atoms with E-state index in [2.05, 4.69) is 6.92 Å². The van der Waals surface area contributed by atoms with E-state index >= 15 is 0 Å². The summed E-state index contributed by atoms with van der Waals surface area (Å²) in [6, 6.07) is -0.178. The molecule has 2 heteroatoms. The van der Waals surface area contributed by atoms with Gasteiger partial charge in [0, 0.05) is 6.04 Å². The van der Waals surface area contributed by atoms with Crippen LogP contribution in [0.4, 0.5) is 4.39 Å². The largest absolute Gasteiger partial charge is 0.325 e. The monoisotopic (exact) mass is 145 g/mol. The summed E-state index contributed by atoms with van der Waals surface area (Å²) in [5, 5.41) is 0. The second-order valence-electron chi connectivity index (χ2n) is 3.27. The molecule has 1 aliphatic rings. The maximum Gasteiger partial charge on any atom is 0.115 e. The minimum Gasteiger partial charge on any atom is -0.325 e. The van der Waals surface area contributed by atoms with Crippen molar-refractivity contribution in [1.29, 1.82) is 0 Å². The van der Waals surface area contributed by atoms with Crippen molar-refractivity contribution in [2.75, 3.05) is 0 Å². The lowest BCUT2D eigenvalue weighted by molar-refractivity contribution is 0.169. The fraction of sp³-hybridized carbons (Fsp3) is 1.00. The highest BCUT2D eigenvalue weighted by Gasteiger charge is 2.26. The van der Waals surface area contributed by atoms with E-state index in [1.54, 1.807) is 0 Å². The molecule has 1 saturated carbocycles. The molecule has 1 rings (SSSR count). The summed E-state index contributed by atoms with van der Waals surface area (Å²) >= 11 is 0. The van der Waals surface area contributed by atoms with Gasteiger partial charge in [-0.3, -0.25) is 0 Å². The molecular formula is C8H16FN. The molecule has 0 aromatic rings. The zero-order valence-electron chi connectivity index (χ0n) is 6.52. The van der Waals surface area contributed by atoms with Crippen molar-refractivity contribution in [2.45, 2.75) is 44.8 Å². The van der Waals surface area contributed by atoms with Gasteiger partial charge in [0.05, 0.1) is 0 Å². The molecule has 0 heterocycles. The van der Waals surface area contributed by atoms with E-state index < -0.39 is 6.17 Å². The molecule has 0 saturated heterocycles. The highest BCUT2D eigenvalue weighted by Crippen LogP contribution is 2.27. The molecule has 1 aliphatic carbocycles. The van der Waals surface area contributed by atoms with Gasteiger partial charge in [-0.25, -0.2) is 4.39 Å². The van der Waals surface area contributed by atoms with Gasteiger partial charge in [-0.2, -0.15) is 0 Å². The Kier molecular flexibility index (Phi) is 2.66. The molecule has 2 unspecified atom stereocenters. The van der Waals surface area contributed by atoms with E-state index in [1.165, 1.54) is 0 Å². The molecule has 3 atom stereocenters. The lowest BCUT2D eigenvalue weighted by Gasteiger charge is -2.28. The van der Waals surface area contributed by atoms with Crippen LogP contribution in [-0.2, 0) is 0 Å². The molecule has 0 spiro atoms. The van der Waals surface area contributed by atoms with Gasteiger partial charge in [-0.15, -0.1) is 0 Å². The smallest absolute Gasteiger partial charge is 0.115 e. The van der Waals surface area contributed by atoms with Gasteiger partial charge in [0.1, 0.15) is 6.17 Å². The quantitative estimate of drug-likeness (QED) is 0.598. The molecule has 2 N–H and O–H groups in total. The standard InChI is InChI=1S/C8H16FN/c1-2-6-3-4-8(10)7(9)5-6/h6-8H,2-5,10H2,1H3/t6?,7-,8?/m1/s1. The van der Waals surface area contributed by atoms with E-state index in [-0.39, 0.29) is 6.04 Å². The zero-order valence-corrected chi connectivity index (χ0v) is 6.52. The van der Waals surface area contributed by atoms with Gasteiger partial charge in [0.2, 0.25) is 0 Å². The zero-order chi connectivity index (χ0) is 7.56. The molecule has 0 amide bonds. The van der Waals surface area contributed by atoms with Crippen molar-refractivity contribution >= 4 is 0 Å². The highest BCUT2D eigenvalue weighted by molar-refractivity contribution is 4.81. The van der Waals surface area contributed by atoms with Crippen molar-refractivity contribution in [3.05, 3.63) is 0 Å².